The molecule has 0 atom stereocenters. The molecule has 0 aliphatic carbocycles. The van der Waals surface area contributed by atoms with Crippen LogP contribution in [-0.2, 0) is 4.74 Å². The number of carbonyl (C=O) groups excluding carboxylic acids is 1. The van der Waals surface area contributed by atoms with Crippen LogP contribution < -0.4 is 4.74 Å². The summed E-state index contributed by atoms with van der Waals surface area (Å²) in [6, 6.07) is 9.09. The number of benzene rings is 1. The third kappa shape index (κ3) is 2.70. The van der Waals surface area contributed by atoms with Crippen molar-refractivity contribution in [2.24, 2.45) is 0 Å². The lowest BCUT2D eigenvalue weighted by Gasteiger charge is -2.08. The first-order valence-electron chi connectivity index (χ1n) is 5.72. The minimum Gasteiger partial charge on any atom is -0.496 e. The summed E-state index contributed by atoms with van der Waals surface area (Å²) in [5, 5.41) is 7.87. The van der Waals surface area contributed by atoms with Gasteiger partial charge in [-0.25, -0.2) is 4.79 Å². The highest BCUT2D eigenvalue weighted by Gasteiger charge is 2.11. The van der Waals surface area contributed by atoms with Crippen LogP contribution in [0.4, 0.5) is 0 Å². The first-order chi connectivity index (χ1) is 9.15. The van der Waals surface area contributed by atoms with E-state index in [-0.39, 0.29) is 5.69 Å². The number of methoxy groups -OCH3 is 2. The molecular weight excluding hydrogens is 244 g/mol. The maximum atomic E-state index is 11.3. The van der Waals surface area contributed by atoms with Gasteiger partial charge >= 0.3 is 5.97 Å². The van der Waals surface area contributed by atoms with Gasteiger partial charge in [-0.15, -0.1) is 10.2 Å². The highest BCUT2D eigenvalue weighted by atomic mass is 16.5. The fourth-order valence-electron chi connectivity index (χ4n) is 1.70. The summed E-state index contributed by atoms with van der Waals surface area (Å²) in [4.78, 5) is 11.3. The second kappa shape index (κ2) is 5.48. The van der Waals surface area contributed by atoms with Crippen LogP contribution in [-0.4, -0.2) is 30.4 Å². The first-order valence-corrected chi connectivity index (χ1v) is 5.72. The number of esters is 1. The number of aryl methyl sites for hydroxylation is 1. The third-order valence-electron chi connectivity index (χ3n) is 2.69. The van der Waals surface area contributed by atoms with Crippen molar-refractivity contribution in [3.63, 3.8) is 0 Å². The van der Waals surface area contributed by atoms with Crippen LogP contribution in [0, 0.1) is 6.92 Å². The fourth-order valence-corrected chi connectivity index (χ4v) is 1.70. The van der Waals surface area contributed by atoms with Crippen LogP contribution in [0.3, 0.4) is 0 Å². The monoisotopic (exact) mass is 258 g/mol. The molecule has 0 aliphatic heterocycles. The van der Waals surface area contributed by atoms with Gasteiger partial charge in [0.25, 0.3) is 0 Å². The molecule has 0 saturated heterocycles. The highest BCUT2D eigenvalue weighted by Crippen LogP contribution is 2.28. The van der Waals surface area contributed by atoms with E-state index in [0.29, 0.717) is 5.69 Å². The normalized spacial score (nSPS) is 10.1. The molecular formula is C14H14N2O3. The lowest BCUT2D eigenvalue weighted by molar-refractivity contribution is 0.0593. The Bertz CT molecular complexity index is 594. The van der Waals surface area contributed by atoms with Crippen molar-refractivity contribution in [1.82, 2.24) is 10.2 Å². The Kier molecular flexibility index (Phi) is 3.75. The van der Waals surface area contributed by atoms with Gasteiger partial charge in [0, 0.05) is 5.56 Å². The molecule has 0 aliphatic rings. The largest absolute Gasteiger partial charge is 0.496 e. The van der Waals surface area contributed by atoms with Gasteiger partial charge in [0.15, 0.2) is 5.69 Å². The van der Waals surface area contributed by atoms with Gasteiger partial charge in [0.2, 0.25) is 0 Å². The minimum atomic E-state index is -0.505. The van der Waals surface area contributed by atoms with Gasteiger partial charge in [-0.3, -0.25) is 0 Å². The SMILES string of the molecule is COC(=O)c1ccc(-c2ccc(C)cc2OC)nn1. The molecule has 0 radical (unpaired) electrons. The Morgan fingerprint density at radius 1 is 1.11 bits per heavy atom. The number of carbonyl (C=O) groups is 1. The molecule has 0 unspecified atom stereocenters. The van der Waals surface area contributed by atoms with Gasteiger partial charge < -0.3 is 9.47 Å². The second-order valence-corrected chi connectivity index (χ2v) is 4.00. The van der Waals surface area contributed by atoms with Gasteiger partial charge in [-0.05, 0) is 36.8 Å². The predicted molar refractivity (Wildman–Crippen MR) is 70.1 cm³/mol. The van der Waals surface area contributed by atoms with E-state index >= 15 is 0 Å². The van der Waals surface area contributed by atoms with E-state index in [4.69, 9.17) is 4.74 Å². The molecule has 2 aromatic rings. The average Bonchev–Trinajstić information content (AvgIpc) is 2.46. The van der Waals surface area contributed by atoms with E-state index in [1.54, 1.807) is 19.2 Å². The van der Waals surface area contributed by atoms with Crippen molar-refractivity contribution in [1.29, 1.82) is 0 Å². The summed E-state index contributed by atoms with van der Waals surface area (Å²) >= 11 is 0. The average molecular weight is 258 g/mol. The molecule has 2 rings (SSSR count). The minimum absolute atomic E-state index is 0.178. The maximum Gasteiger partial charge on any atom is 0.358 e. The topological polar surface area (TPSA) is 61.3 Å². The van der Waals surface area contributed by atoms with E-state index in [1.807, 2.05) is 25.1 Å². The van der Waals surface area contributed by atoms with Crippen molar-refractivity contribution in [2.45, 2.75) is 6.92 Å². The van der Waals surface area contributed by atoms with Gasteiger partial charge in [0.05, 0.1) is 19.9 Å². The van der Waals surface area contributed by atoms with Gasteiger partial charge in [0.1, 0.15) is 5.75 Å². The number of ether oxygens (including phenoxy) is 2. The molecule has 0 fully saturated rings. The van der Waals surface area contributed by atoms with Crippen LogP contribution in [0.2, 0.25) is 0 Å². The van der Waals surface area contributed by atoms with Gasteiger partial charge in [-0.1, -0.05) is 6.07 Å². The van der Waals surface area contributed by atoms with Gasteiger partial charge in [-0.2, -0.15) is 0 Å². The van der Waals surface area contributed by atoms with Crippen molar-refractivity contribution < 1.29 is 14.3 Å². The number of rotatable bonds is 3. The Hall–Kier alpha value is -2.43. The molecule has 0 N–H and O–H groups in total. The molecule has 1 heterocycles. The summed E-state index contributed by atoms with van der Waals surface area (Å²) in [5.74, 6) is 0.218. The number of hydrogen-bond donors (Lipinski definition) is 0. The summed E-state index contributed by atoms with van der Waals surface area (Å²) < 4.78 is 9.90. The van der Waals surface area contributed by atoms with Crippen LogP contribution in [0.1, 0.15) is 16.1 Å². The van der Waals surface area contributed by atoms with E-state index in [1.165, 1.54) is 7.11 Å². The first kappa shape index (κ1) is 13.0. The van der Waals surface area contributed by atoms with Crippen LogP contribution >= 0.6 is 0 Å². The predicted octanol–water partition coefficient (Wildman–Crippen LogP) is 2.25. The zero-order valence-corrected chi connectivity index (χ0v) is 11.0. The van der Waals surface area contributed by atoms with Crippen molar-refractivity contribution in [3.8, 4) is 17.0 Å². The molecule has 1 aromatic carbocycles. The molecule has 5 nitrogen and oxygen atoms in total. The van der Waals surface area contributed by atoms with Crippen molar-refractivity contribution in [3.05, 3.63) is 41.6 Å². The Labute approximate surface area is 111 Å². The molecule has 0 saturated carbocycles. The Morgan fingerprint density at radius 3 is 2.47 bits per heavy atom. The second-order valence-electron chi connectivity index (χ2n) is 4.00. The third-order valence-corrected chi connectivity index (χ3v) is 2.69. The number of aromatic nitrogens is 2. The van der Waals surface area contributed by atoms with Crippen LogP contribution in [0.5, 0.6) is 5.75 Å². The molecule has 0 amide bonds. The number of nitrogens with zero attached hydrogens (tertiary/aromatic N) is 2. The zero-order valence-electron chi connectivity index (χ0n) is 11.0. The van der Waals surface area contributed by atoms with Crippen LogP contribution in [0.25, 0.3) is 11.3 Å². The highest BCUT2D eigenvalue weighted by molar-refractivity contribution is 5.87. The van der Waals surface area contributed by atoms with Crippen molar-refractivity contribution in [2.75, 3.05) is 14.2 Å². The number of hydrogen-bond acceptors (Lipinski definition) is 5. The standard InChI is InChI=1S/C14H14N2O3/c1-9-4-5-10(13(8-9)18-2)11-6-7-12(16-15-11)14(17)19-3/h4-8H,1-3H3. The lowest BCUT2D eigenvalue weighted by atomic mass is 10.1. The van der Waals surface area contributed by atoms with E-state index in [9.17, 15) is 4.79 Å². The lowest BCUT2D eigenvalue weighted by Crippen LogP contribution is -2.05. The van der Waals surface area contributed by atoms with Crippen LogP contribution in [0.15, 0.2) is 30.3 Å². The Balaban J connectivity index is 2.40. The maximum absolute atomic E-state index is 11.3. The summed E-state index contributed by atoms with van der Waals surface area (Å²) in [5.41, 5.74) is 2.75. The van der Waals surface area contributed by atoms with E-state index in [2.05, 4.69) is 14.9 Å². The summed E-state index contributed by atoms with van der Waals surface area (Å²) in [7, 11) is 2.91. The van der Waals surface area contributed by atoms with E-state index in [0.717, 1.165) is 16.9 Å². The zero-order chi connectivity index (χ0) is 13.8. The van der Waals surface area contributed by atoms with E-state index < -0.39 is 5.97 Å². The molecule has 0 bridgehead atoms. The molecule has 5 heteroatoms. The summed E-state index contributed by atoms with van der Waals surface area (Å²) in [6.45, 7) is 1.98. The Morgan fingerprint density at radius 2 is 1.89 bits per heavy atom. The molecule has 1 aromatic heterocycles. The molecule has 19 heavy (non-hydrogen) atoms. The molecule has 98 valence electrons. The summed E-state index contributed by atoms with van der Waals surface area (Å²) in [6.07, 6.45) is 0. The quantitative estimate of drug-likeness (QED) is 0.790. The van der Waals surface area contributed by atoms with Crippen molar-refractivity contribution >= 4 is 5.97 Å². The molecule has 0 spiro atoms. The fraction of sp³-hybridized carbons (Fsp3) is 0.214. The smallest absolute Gasteiger partial charge is 0.358 e.